The van der Waals surface area contributed by atoms with Gasteiger partial charge in [-0.2, -0.15) is 0 Å². The van der Waals surface area contributed by atoms with Crippen LogP contribution in [0.5, 0.6) is 0 Å². The molecule has 0 spiro atoms. The van der Waals surface area contributed by atoms with Crippen molar-refractivity contribution >= 4 is 23.6 Å². The second kappa shape index (κ2) is 20.9. The van der Waals surface area contributed by atoms with E-state index in [1.54, 1.807) is 13.8 Å². The van der Waals surface area contributed by atoms with Gasteiger partial charge in [-0.05, 0) is 0 Å². The van der Waals surface area contributed by atoms with Gasteiger partial charge in [0.15, 0.2) is 0 Å². The van der Waals surface area contributed by atoms with Crippen LogP contribution in [0.25, 0.3) is 0 Å². The average molecular weight is 375 g/mol. The number of nitrogens with one attached hydrogen (secondary N) is 2. The number of carbonyl (C=O) groups excluding carboxylic acids is 4. The van der Waals surface area contributed by atoms with Crippen molar-refractivity contribution in [3.8, 4) is 0 Å². The highest BCUT2D eigenvalue weighted by atomic mass is 16.2. The van der Waals surface area contributed by atoms with Crippen LogP contribution in [-0.2, 0) is 19.2 Å². The van der Waals surface area contributed by atoms with Gasteiger partial charge >= 0.3 is 0 Å². The molecule has 0 aliphatic carbocycles. The summed E-state index contributed by atoms with van der Waals surface area (Å²) in [6.07, 6.45) is 0.765. The summed E-state index contributed by atoms with van der Waals surface area (Å²) < 4.78 is 0. The smallest absolute Gasteiger partial charge is 0.223 e. The van der Waals surface area contributed by atoms with Crippen LogP contribution < -0.4 is 16.4 Å². The second-order valence-corrected chi connectivity index (χ2v) is 4.75. The number of rotatable bonds is 11. The number of nitrogens with zero attached hydrogens (tertiary/aromatic N) is 1. The Bertz CT molecular complexity index is 379. The van der Waals surface area contributed by atoms with E-state index >= 15 is 0 Å². The van der Waals surface area contributed by atoms with E-state index in [0.29, 0.717) is 39.0 Å². The molecule has 0 saturated carbocycles. The maximum absolute atomic E-state index is 12.0. The van der Waals surface area contributed by atoms with Crippen molar-refractivity contribution < 1.29 is 19.2 Å². The first-order chi connectivity index (χ1) is 12.4. The molecule has 154 valence electrons. The fourth-order valence-corrected chi connectivity index (χ4v) is 1.66. The molecule has 0 aromatic rings. The van der Waals surface area contributed by atoms with E-state index in [2.05, 4.69) is 10.6 Å². The molecule has 0 fully saturated rings. The third-order valence-corrected chi connectivity index (χ3v) is 2.99. The van der Waals surface area contributed by atoms with Crippen molar-refractivity contribution in [1.82, 2.24) is 15.5 Å². The van der Waals surface area contributed by atoms with Crippen LogP contribution in [0.1, 0.15) is 67.2 Å². The van der Waals surface area contributed by atoms with E-state index < -0.39 is 5.91 Å². The Morgan fingerprint density at radius 1 is 0.769 bits per heavy atom. The first kappa shape index (κ1) is 28.7. The van der Waals surface area contributed by atoms with Crippen LogP contribution in [0.2, 0.25) is 0 Å². The Kier molecular flexibility index (Phi) is 23.1. The summed E-state index contributed by atoms with van der Waals surface area (Å²) >= 11 is 0. The predicted molar refractivity (Wildman–Crippen MR) is 104 cm³/mol. The maximum Gasteiger partial charge on any atom is 0.223 e. The van der Waals surface area contributed by atoms with Gasteiger partial charge in [-0.1, -0.05) is 41.5 Å². The summed E-state index contributed by atoms with van der Waals surface area (Å²) in [6, 6.07) is 0. The molecule has 0 unspecified atom stereocenters. The molecule has 26 heavy (non-hydrogen) atoms. The zero-order valence-electron chi connectivity index (χ0n) is 17.3. The minimum atomic E-state index is -0.535. The highest BCUT2D eigenvalue weighted by molar-refractivity contribution is 5.83. The lowest BCUT2D eigenvalue weighted by Crippen LogP contribution is -2.42. The first-order valence-corrected chi connectivity index (χ1v) is 9.50. The highest BCUT2D eigenvalue weighted by Crippen LogP contribution is 1.97. The van der Waals surface area contributed by atoms with Gasteiger partial charge in [0.2, 0.25) is 23.6 Å². The number of primary amides is 1. The van der Waals surface area contributed by atoms with Gasteiger partial charge in [0.1, 0.15) is 0 Å². The Morgan fingerprint density at radius 2 is 1.15 bits per heavy atom. The normalized spacial score (nSPS) is 8.85. The summed E-state index contributed by atoms with van der Waals surface area (Å²) in [5, 5.41) is 5.36. The molecule has 0 radical (unpaired) electrons. The largest absolute Gasteiger partial charge is 0.370 e. The van der Waals surface area contributed by atoms with Gasteiger partial charge in [0, 0.05) is 51.9 Å². The quantitative estimate of drug-likeness (QED) is 0.503. The minimum absolute atomic E-state index is 0.0159. The maximum atomic E-state index is 12.0. The third-order valence-electron chi connectivity index (χ3n) is 2.99. The lowest BCUT2D eigenvalue weighted by molar-refractivity contribution is -0.133. The molecule has 0 aromatic heterocycles. The minimum Gasteiger partial charge on any atom is -0.370 e. The first-order valence-electron chi connectivity index (χ1n) is 9.50. The molecule has 8 nitrogen and oxygen atoms in total. The van der Waals surface area contributed by atoms with Crippen molar-refractivity contribution in [2.45, 2.75) is 67.2 Å². The molecule has 0 aromatic carbocycles. The van der Waals surface area contributed by atoms with Gasteiger partial charge < -0.3 is 21.3 Å². The standard InChI is InChI=1S/C14H26N4O4.2C2H6/c1-3-12(20)16-7-9-18(10-8-17-13(21)4-2)14(22)6-5-11(15)19;2*1-2/h3-10H2,1-2H3,(H2,15,19)(H,16,20)(H,17,21);2*1-2H3. The molecular weight excluding hydrogens is 336 g/mol. The number of amides is 4. The van der Waals surface area contributed by atoms with Gasteiger partial charge in [0.05, 0.1) is 0 Å². The predicted octanol–water partition coefficient (Wildman–Crippen LogP) is 1.19. The summed E-state index contributed by atoms with van der Waals surface area (Å²) in [5.74, 6) is -0.949. The molecule has 8 heteroatoms. The molecule has 0 bridgehead atoms. The van der Waals surface area contributed by atoms with Crippen molar-refractivity contribution in [3.05, 3.63) is 0 Å². The topological polar surface area (TPSA) is 122 Å². The SMILES string of the molecule is CC.CC.CCC(=O)NCCN(CCNC(=O)CC)C(=O)CCC(N)=O. The molecule has 0 rings (SSSR count). The Morgan fingerprint density at radius 3 is 1.46 bits per heavy atom. The van der Waals surface area contributed by atoms with Crippen LogP contribution in [0.15, 0.2) is 0 Å². The molecule has 4 N–H and O–H groups in total. The summed E-state index contributed by atoms with van der Waals surface area (Å²) in [7, 11) is 0. The second-order valence-electron chi connectivity index (χ2n) is 4.75. The van der Waals surface area contributed by atoms with Crippen molar-refractivity contribution in [1.29, 1.82) is 0 Å². The zero-order valence-corrected chi connectivity index (χ0v) is 17.3. The number of hydrogen-bond donors (Lipinski definition) is 3. The fourth-order valence-electron chi connectivity index (χ4n) is 1.66. The molecule has 4 amide bonds. The number of carbonyl (C=O) groups is 4. The Balaban J connectivity index is -0.00000123. The Labute approximate surface area is 158 Å². The molecule has 0 aliphatic rings. The van der Waals surface area contributed by atoms with Crippen LogP contribution >= 0.6 is 0 Å². The molecular formula is C18H38N4O4. The summed E-state index contributed by atoms with van der Waals surface area (Å²) in [4.78, 5) is 46.7. The summed E-state index contributed by atoms with van der Waals surface area (Å²) in [6.45, 7) is 12.8. The lowest BCUT2D eigenvalue weighted by Gasteiger charge is -2.23. The monoisotopic (exact) mass is 374 g/mol. The Hall–Kier alpha value is -2.12. The van der Waals surface area contributed by atoms with E-state index in [0.717, 1.165) is 0 Å². The van der Waals surface area contributed by atoms with Crippen LogP contribution in [0.4, 0.5) is 0 Å². The van der Waals surface area contributed by atoms with Gasteiger partial charge in [-0.3, -0.25) is 19.2 Å². The van der Waals surface area contributed by atoms with E-state index in [1.165, 1.54) is 4.90 Å². The van der Waals surface area contributed by atoms with Crippen molar-refractivity contribution in [2.24, 2.45) is 5.73 Å². The summed E-state index contributed by atoms with van der Waals surface area (Å²) in [5.41, 5.74) is 5.03. The van der Waals surface area contributed by atoms with E-state index in [9.17, 15) is 19.2 Å². The molecule has 0 saturated heterocycles. The van der Waals surface area contributed by atoms with Crippen LogP contribution in [-0.4, -0.2) is 54.7 Å². The average Bonchev–Trinajstić information content (AvgIpc) is 2.67. The van der Waals surface area contributed by atoms with E-state index in [-0.39, 0.29) is 30.6 Å². The molecule has 0 heterocycles. The van der Waals surface area contributed by atoms with E-state index in [4.69, 9.17) is 5.73 Å². The van der Waals surface area contributed by atoms with E-state index in [1.807, 2.05) is 27.7 Å². The highest BCUT2D eigenvalue weighted by Gasteiger charge is 2.14. The van der Waals surface area contributed by atoms with Gasteiger partial charge in [-0.15, -0.1) is 0 Å². The molecule has 0 aliphatic heterocycles. The number of nitrogens with two attached hydrogens (primary N) is 1. The lowest BCUT2D eigenvalue weighted by atomic mass is 10.2. The fraction of sp³-hybridized carbons (Fsp3) is 0.778. The van der Waals surface area contributed by atoms with Crippen molar-refractivity contribution in [2.75, 3.05) is 26.2 Å². The van der Waals surface area contributed by atoms with Gasteiger partial charge in [0.25, 0.3) is 0 Å². The molecule has 0 atom stereocenters. The van der Waals surface area contributed by atoms with Crippen LogP contribution in [0.3, 0.4) is 0 Å². The van der Waals surface area contributed by atoms with Gasteiger partial charge in [-0.25, -0.2) is 0 Å². The van der Waals surface area contributed by atoms with Crippen LogP contribution in [0, 0.1) is 0 Å². The third kappa shape index (κ3) is 18.2. The number of hydrogen-bond acceptors (Lipinski definition) is 4. The zero-order chi connectivity index (χ0) is 21.0. The van der Waals surface area contributed by atoms with Crippen molar-refractivity contribution in [3.63, 3.8) is 0 Å².